The second-order valence-corrected chi connectivity index (χ2v) is 16.3. The molecule has 0 spiro atoms. The number of carbonyl (C=O) groups is 4. The van der Waals surface area contributed by atoms with Crippen LogP contribution in [0.1, 0.15) is 79.7 Å². The molecule has 4 bridgehead atoms. The quantitative estimate of drug-likeness (QED) is 0.275. The van der Waals surface area contributed by atoms with E-state index in [0.717, 1.165) is 11.1 Å². The molecule has 14 heteroatoms. The molecule has 3 amide bonds. The van der Waals surface area contributed by atoms with E-state index in [9.17, 15) is 24.3 Å². The standard InChI is InChI=1S/C39H56ClN3O10/c1-22-13-12-14-29(50-11)39(48)21-28(51-36(47)41-39)23(2)34-38(7,53-34)30(52-35(46)24(3)42(8)31(44)15-16-37(4,5)6)20-32(45)43(9)26-18-25(17-22)19-27(49-10)33(26)40/h12-14,18-19,23-24,28-30,34,48H,15-17,20-21H2,1-11H3,(H,41,47)/b14-12+,22-13+/t23-,24+,28+,29-,30+,34+,38+,39+/m1/s1. The van der Waals surface area contributed by atoms with Crippen molar-refractivity contribution < 1.29 is 48.0 Å². The molecule has 1 aromatic rings. The van der Waals surface area contributed by atoms with E-state index < -0.39 is 65.7 Å². The maximum atomic E-state index is 14.1. The second-order valence-electron chi connectivity index (χ2n) is 16.0. The summed E-state index contributed by atoms with van der Waals surface area (Å²) in [6, 6.07) is 2.63. The monoisotopic (exact) mass is 761 g/mol. The molecule has 8 atom stereocenters. The molecule has 13 nitrogen and oxygen atoms in total. The van der Waals surface area contributed by atoms with E-state index in [4.69, 9.17) is 35.3 Å². The Bertz CT molecular complexity index is 1620. The van der Waals surface area contributed by atoms with Crippen LogP contribution in [0.5, 0.6) is 5.75 Å². The zero-order chi connectivity index (χ0) is 39.6. The van der Waals surface area contributed by atoms with Crippen molar-refractivity contribution in [1.29, 1.82) is 0 Å². The molecule has 3 heterocycles. The number of anilines is 1. The number of nitrogens with zero attached hydrogens (tertiary/aromatic N) is 2. The van der Waals surface area contributed by atoms with Gasteiger partial charge in [0.15, 0.2) is 5.72 Å². The Morgan fingerprint density at radius 3 is 2.53 bits per heavy atom. The van der Waals surface area contributed by atoms with Crippen molar-refractivity contribution in [2.45, 2.75) is 122 Å². The van der Waals surface area contributed by atoms with Gasteiger partial charge in [0, 0.05) is 40.0 Å². The van der Waals surface area contributed by atoms with Gasteiger partial charge in [-0.3, -0.25) is 14.9 Å². The Labute approximate surface area is 317 Å². The van der Waals surface area contributed by atoms with Gasteiger partial charge in [0.2, 0.25) is 11.8 Å². The van der Waals surface area contributed by atoms with Crippen molar-refractivity contribution in [2.24, 2.45) is 11.3 Å². The van der Waals surface area contributed by atoms with Gasteiger partial charge < -0.3 is 38.6 Å². The van der Waals surface area contributed by atoms with E-state index in [-0.39, 0.29) is 35.6 Å². The highest BCUT2D eigenvalue weighted by Gasteiger charge is 2.64. The van der Waals surface area contributed by atoms with E-state index in [0.29, 0.717) is 24.3 Å². The molecule has 2 saturated heterocycles. The number of allylic oxidation sites excluding steroid dienone is 3. The highest BCUT2D eigenvalue weighted by atomic mass is 35.5. The fourth-order valence-electron chi connectivity index (χ4n) is 6.88. The number of benzene rings is 1. The number of ether oxygens (including phenoxy) is 5. The smallest absolute Gasteiger partial charge is 0.409 e. The summed E-state index contributed by atoms with van der Waals surface area (Å²) in [5, 5.41) is 14.5. The molecular weight excluding hydrogens is 706 g/mol. The number of nitrogens with one attached hydrogen (secondary N) is 1. The lowest BCUT2D eigenvalue weighted by Crippen LogP contribution is -2.63. The third kappa shape index (κ3) is 9.72. The van der Waals surface area contributed by atoms with Crippen molar-refractivity contribution in [3.05, 3.63) is 46.5 Å². The number of amides is 3. The number of epoxide rings is 1. The van der Waals surface area contributed by atoms with E-state index >= 15 is 0 Å². The van der Waals surface area contributed by atoms with Crippen LogP contribution < -0.4 is 15.0 Å². The number of hydrogen-bond donors (Lipinski definition) is 2. The molecule has 2 fully saturated rings. The molecule has 0 aromatic heterocycles. The van der Waals surface area contributed by atoms with Crippen LogP contribution in [0, 0.1) is 11.3 Å². The number of aliphatic hydroxyl groups is 1. The molecule has 2 N–H and O–H groups in total. The number of methoxy groups -OCH3 is 2. The highest BCUT2D eigenvalue weighted by molar-refractivity contribution is 6.35. The lowest BCUT2D eigenvalue weighted by atomic mass is 9.83. The Hall–Kier alpha value is -3.65. The van der Waals surface area contributed by atoms with Gasteiger partial charge in [-0.2, -0.15) is 0 Å². The number of fused-ring (bicyclic) bond motifs is 5. The first-order valence-corrected chi connectivity index (χ1v) is 18.4. The average Bonchev–Trinajstić information content (AvgIpc) is 3.78. The van der Waals surface area contributed by atoms with Crippen molar-refractivity contribution >= 4 is 41.2 Å². The molecule has 3 aliphatic rings. The zero-order valence-corrected chi connectivity index (χ0v) is 33.5. The van der Waals surface area contributed by atoms with Crippen molar-refractivity contribution in [1.82, 2.24) is 10.2 Å². The Kier molecular flexibility index (Phi) is 13.0. The van der Waals surface area contributed by atoms with Crippen molar-refractivity contribution in [2.75, 3.05) is 33.2 Å². The van der Waals surface area contributed by atoms with Gasteiger partial charge >= 0.3 is 12.1 Å². The van der Waals surface area contributed by atoms with Crippen molar-refractivity contribution in [3.63, 3.8) is 0 Å². The van der Waals surface area contributed by atoms with Gasteiger partial charge in [-0.1, -0.05) is 63.1 Å². The summed E-state index contributed by atoms with van der Waals surface area (Å²) in [5.41, 5.74) is -0.957. The number of carbonyl (C=O) groups excluding carboxylic acids is 4. The number of rotatable bonds is 7. The summed E-state index contributed by atoms with van der Waals surface area (Å²) in [4.78, 5) is 56.6. The number of hydrogen-bond acceptors (Lipinski definition) is 10. The third-order valence-electron chi connectivity index (χ3n) is 10.6. The van der Waals surface area contributed by atoms with Crippen molar-refractivity contribution in [3.8, 4) is 5.75 Å². The van der Waals surface area contributed by atoms with Crippen LogP contribution in [-0.2, 0) is 39.8 Å². The highest BCUT2D eigenvalue weighted by Crippen LogP contribution is 2.49. The summed E-state index contributed by atoms with van der Waals surface area (Å²) in [6.45, 7) is 13.2. The Balaban J connectivity index is 1.74. The normalized spacial score (nSPS) is 31.5. The average molecular weight is 762 g/mol. The van der Waals surface area contributed by atoms with E-state index in [1.54, 1.807) is 59.2 Å². The number of likely N-dealkylation sites (N-methyl/N-ethyl adjacent to an activating group) is 1. The number of esters is 1. The number of alkyl carbamates (subject to hydrolysis) is 1. The topological polar surface area (TPSA) is 156 Å². The van der Waals surface area contributed by atoms with Gasteiger partial charge in [0.25, 0.3) is 0 Å². The van der Waals surface area contributed by atoms with E-state index in [1.165, 1.54) is 24.0 Å². The zero-order valence-electron chi connectivity index (χ0n) is 32.8. The van der Waals surface area contributed by atoms with E-state index in [1.807, 2.05) is 33.8 Å². The third-order valence-corrected chi connectivity index (χ3v) is 11.0. The maximum Gasteiger partial charge on any atom is 0.409 e. The fourth-order valence-corrected chi connectivity index (χ4v) is 7.19. The minimum atomic E-state index is -1.82. The van der Waals surface area contributed by atoms with Crippen LogP contribution in [0.4, 0.5) is 10.5 Å². The number of halogens is 1. The maximum absolute atomic E-state index is 14.1. The van der Waals surface area contributed by atoms with Gasteiger partial charge in [-0.15, -0.1) is 0 Å². The Morgan fingerprint density at radius 2 is 1.91 bits per heavy atom. The Morgan fingerprint density at radius 1 is 1.23 bits per heavy atom. The molecule has 0 aliphatic carbocycles. The fraction of sp³-hybridized carbons (Fsp3) is 0.641. The van der Waals surface area contributed by atoms with Gasteiger partial charge in [0.05, 0.1) is 25.3 Å². The largest absolute Gasteiger partial charge is 0.495 e. The minimum absolute atomic E-state index is 0.0455. The molecule has 0 unspecified atom stereocenters. The van der Waals surface area contributed by atoms with Crippen LogP contribution in [0.3, 0.4) is 0 Å². The van der Waals surface area contributed by atoms with Gasteiger partial charge in [0.1, 0.15) is 40.7 Å². The first-order chi connectivity index (χ1) is 24.6. The molecule has 0 radical (unpaired) electrons. The summed E-state index contributed by atoms with van der Waals surface area (Å²) in [6.07, 6.45) is 1.89. The lowest BCUT2D eigenvalue weighted by molar-refractivity contribution is -0.162. The summed E-state index contributed by atoms with van der Waals surface area (Å²) in [5.74, 6) is -1.49. The predicted molar refractivity (Wildman–Crippen MR) is 200 cm³/mol. The van der Waals surface area contributed by atoms with Gasteiger partial charge in [-0.05, 0) is 56.7 Å². The second kappa shape index (κ2) is 16.4. The first-order valence-electron chi connectivity index (χ1n) is 18.0. The molecule has 4 rings (SSSR count). The SMILES string of the molecule is COc1cc2cc(c1Cl)N(C)C(=O)C[C@H](OC(=O)[C@H](C)N(C)C(=O)CCC(C)(C)C)[C@]1(C)O[C@H]1[C@H](C)[C@@H]1C[C@@](O)(NC(=O)O1)[C@H](OC)/C=C/C=C(\C)C2. The molecule has 0 saturated carbocycles. The van der Waals surface area contributed by atoms with Crippen LogP contribution in [-0.4, -0.2) is 104 Å². The molecule has 53 heavy (non-hydrogen) atoms. The molecule has 294 valence electrons. The molecule has 1 aromatic carbocycles. The summed E-state index contributed by atoms with van der Waals surface area (Å²) in [7, 11) is 6.06. The predicted octanol–water partition coefficient (Wildman–Crippen LogP) is 5.34. The van der Waals surface area contributed by atoms with Crippen LogP contribution in [0.15, 0.2) is 35.9 Å². The van der Waals surface area contributed by atoms with Crippen LogP contribution >= 0.6 is 11.6 Å². The van der Waals surface area contributed by atoms with E-state index in [2.05, 4.69) is 5.32 Å². The first kappa shape index (κ1) is 42.1. The van der Waals surface area contributed by atoms with Crippen LogP contribution in [0.2, 0.25) is 5.02 Å². The lowest BCUT2D eigenvalue weighted by Gasteiger charge is -2.42. The molecule has 3 aliphatic heterocycles. The van der Waals surface area contributed by atoms with Crippen LogP contribution in [0.25, 0.3) is 0 Å². The minimum Gasteiger partial charge on any atom is -0.495 e. The summed E-state index contributed by atoms with van der Waals surface area (Å²) >= 11 is 6.76. The van der Waals surface area contributed by atoms with Gasteiger partial charge in [-0.25, -0.2) is 9.59 Å². The summed E-state index contributed by atoms with van der Waals surface area (Å²) < 4.78 is 29.3. The molecular formula is C39H56ClN3O10.